The maximum Gasteiger partial charge on any atom is -0.00715 e. The van der Waals surface area contributed by atoms with Gasteiger partial charge in [0.25, 0.3) is 0 Å². The van der Waals surface area contributed by atoms with Crippen LogP contribution in [0.1, 0.15) is 313 Å². The summed E-state index contributed by atoms with van der Waals surface area (Å²) in [6.45, 7) is 24.2. The van der Waals surface area contributed by atoms with Crippen molar-refractivity contribution in [2.24, 2.45) is 17.8 Å². The van der Waals surface area contributed by atoms with E-state index in [9.17, 15) is 0 Å². The Morgan fingerprint density at radius 2 is 0.618 bits per heavy atom. The summed E-state index contributed by atoms with van der Waals surface area (Å²) in [5.74, 6) is 2.97. The minimum atomic E-state index is 0.935. The number of thiocarbonyl (C=S) groups is 1. The molecule has 0 spiro atoms. The van der Waals surface area contributed by atoms with Gasteiger partial charge in [-0.1, -0.05) is 285 Å². The van der Waals surface area contributed by atoms with Crippen molar-refractivity contribution in [3.05, 3.63) is 12.2 Å². The van der Waals surface area contributed by atoms with Gasteiger partial charge in [0.15, 0.2) is 0 Å². The zero-order valence-corrected chi connectivity index (χ0v) is 41.2. The molecule has 1 unspecified atom stereocenters. The van der Waals surface area contributed by atoms with Crippen molar-refractivity contribution in [3.63, 3.8) is 0 Å². The first-order chi connectivity index (χ1) is 26.8. The van der Waals surface area contributed by atoms with Crippen LogP contribution in [0.3, 0.4) is 0 Å². The van der Waals surface area contributed by atoms with Crippen molar-refractivity contribution in [2.45, 2.75) is 313 Å². The molecule has 1 atom stereocenters. The lowest BCUT2D eigenvalue weighted by Crippen LogP contribution is -2.01. The van der Waals surface area contributed by atoms with E-state index >= 15 is 0 Å². The van der Waals surface area contributed by atoms with Crippen molar-refractivity contribution in [3.8, 4) is 0 Å². The molecule has 0 fully saturated rings. The molecular weight excluding hydrogens is 681 g/mol. The third kappa shape index (κ3) is 51.8. The van der Waals surface area contributed by atoms with Gasteiger partial charge in [-0.2, -0.15) is 0 Å². The molecule has 0 amide bonds. The predicted octanol–water partition coefficient (Wildman–Crippen LogP) is 21.1. The molecule has 0 bridgehead atoms. The van der Waals surface area contributed by atoms with Crippen LogP contribution < -0.4 is 0 Å². The van der Waals surface area contributed by atoms with Gasteiger partial charge in [0.2, 0.25) is 0 Å². The number of hydrogen-bond acceptors (Lipinski definition) is 1. The summed E-state index contributed by atoms with van der Waals surface area (Å²) >= 11 is 5.70. The molecule has 0 aliphatic carbocycles. The molecule has 0 aliphatic rings. The van der Waals surface area contributed by atoms with Gasteiger partial charge in [-0.15, -0.1) is 6.58 Å². The Bertz CT molecular complexity index is 692. The topological polar surface area (TPSA) is 0 Å². The van der Waals surface area contributed by atoms with E-state index in [1.54, 1.807) is 0 Å². The Balaban J connectivity index is -0.00000141. The molecule has 0 rings (SSSR count). The van der Waals surface area contributed by atoms with Crippen molar-refractivity contribution >= 4 is 17.1 Å². The van der Waals surface area contributed by atoms with E-state index in [2.05, 4.69) is 55.0 Å². The molecule has 55 heavy (non-hydrogen) atoms. The van der Waals surface area contributed by atoms with E-state index in [0.717, 1.165) is 17.8 Å². The minimum absolute atomic E-state index is 0.935. The van der Waals surface area contributed by atoms with Gasteiger partial charge in [0.05, 0.1) is 0 Å². The molecule has 0 nitrogen and oxygen atoms in total. The third-order valence-electron chi connectivity index (χ3n) is 12.1. The van der Waals surface area contributed by atoms with Crippen molar-refractivity contribution < 1.29 is 0 Å². The lowest BCUT2D eigenvalue weighted by Gasteiger charge is -2.16. The maximum absolute atomic E-state index is 5.70. The Labute approximate surface area is 358 Å². The first kappa shape index (κ1) is 59.1. The Kier molecular flexibility index (Phi) is 55.8. The van der Waals surface area contributed by atoms with Crippen LogP contribution in [0.15, 0.2) is 12.2 Å². The lowest BCUT2D eigenvalue weighted by molar-refractivity contribution is 0.378. The Morgan fingerprint density at radius 1 is 0.364 bits per heavy atom. The second kappa shape index (κ2) is 51.8. The zero-order chi connectivity index (χ0) is 41.5. The standard InChI is InChI=1S/C38H74S.C14H30.C2H6/c1-6-8-30-37(31-9-7-2)32-24-20-26-34-38(39)33-25-19-15-11-14-18-23-29-36(5)28-22-17-13-10-12-16-21-27-35(3)4;1-4-7-10-13-14(11-8-5-2)12-9-6-3;1-2/h36-37H,3,6-34H2,1-2,4-5H3;14H,4-13H2,1-3H3;1-2H3. The van der Waals surface area contributed by atoms with Crippen molar-refractivity contribution in [2.75, 3.05) is 0 Å². The molecule has 0 N–H and O–H groups in total. The molecule has 0 aromatic heterocycles. The summed E-state index contributed by atoms with van der Waals surface area (Å²) in [4.78, 5) is 1.36. The van der Waals surface area contributed by atoms with E-state index in [1.807, 2.05) is 13.8 Å². The molecular formula is C54H110S. The van der Waals surface area contributed by atoms with Crippen molar-refractivity contribution in [1.29, 1.82) is 0 Å². The average Bonchev–Trinajstić information content (AvgIpc) is 3.18. The molecule has 0 radical (unpaired) electrons. The average molecular weight is 792 g/mol. The van der Waals surface area contributed by atoms with Crippen LogP contribution in [0, 0.1) is 17.8 Å². The van der Waals surface area contributed by atoms with Gasteiger partial charge in [0, 0.05) is 0 Å². The Morgan fingerprint density at radius 3 is 0.964 bits per heavy atom. The minimum Gasteiger partial charge on any atom is -0.100 e. The van der Waals surface area contributed by atoms with E-state index < -0.39 is 0 Å². The number of allylic oxidation sites excluding steroid dienone is 1. The normalized spacial score (nSPS) is 11.7. The second-order valence-electron chi connectivity index (χ2n) is 18.0. The summed E-state index contributed by atoms with van der Waals surface area (Å²) in [5, 5.41) is 0. The summed E-state index contributed by atoms with van der Waals surface area (Å²) in [7, 11) is 0. The van der Waals surface area contributed by atoms with Crippen LogP contribution in [0.4, 0.5) is 0 Å². The summed E-state index contributed by atoms with van der Waals surface area (Å²) in [6.07, 6.45) is 54.9. The molecule has 0 aliphatic heterocycles. The summed E-state index contributed by atoms with van der Waals surface area (Å²) in [5.41, 5.74) is 1.35. The van der Waals surface area contributed by atoms with E-state index in [4.69, 9.17) is 12.2 Å². The molecule has 1 heteroatoms. The first-order valence-corrected chi connectivity index (χ1v) is 26.4. The molecule has 0 heterocycles. The fourth-order valence-corrected chi connectivity index (χ4v) is 8.51. The predicted molar refractivity (Wildman–Crippen MR) is 263 cm³/mol. The molecule has 0 saturated heterocycles. The van der Waals surface area contributed by atoms with Gasteiger partial charge in [0.1, 0.15) is 0 Å². The number of unbranched alkanes of at least 4 members (excludes halogenated alkanes) is 20. The second-order valence-corrected chi connectivity index (χ2v) is 18.6. The van der Waals surface area contributed by atoms with Gasteiger partial charge < -0.3 is 0 Å². The fraction of sp³-hybridized carbons (Fsp3) is 0.944. The highest BCUT2D eigenvalue weighted by molar-refractivity contribution is 7.80. The number of hydrogen-bond donors (Lipinski definition) is 0. The Hall–Kier alpha value is -0.170. The first-order valence-electron chi connectivity index (χ1n) is 26.0. The third-order valence-corrected chi connectivity index (χ3v) is 12.5. The van der Waals surface area contributed by atoms with Gasteiger partial charge in [-0.05, 0) is 68.1 Å². The van der Waals surface area contributed by atoms with Crippen LogP contribution in [-0.4, -0.2) is 4.86 Å². The van der Waals surface area contributed by atoms with E-state index in [1.165, 1.54) is 261 Å². The summed E-state index contributed by atoms with van der Waals surface area (Å²) in [6, 6.07) is 0. The SMILES string of the molecule is C=C(C)CCCCCCCCCC(C)CCCCCCCCCC(=S)CCCCCC(CCCC)CCCC.CC.CCCCCC(CCCC)CCCC. The lowest BCUT2D eigenvalue weighted by atomic mass is 9.90. The van der Waals surface area contributed by atoms with Gasteiger partial charge in [-0.3, -0.25) is 0 Å². The zero-order valence-electron chi connectivity index (χ0n) is 40.4. The van der Waals surface area contributed by atoms with Crippen LogP contribution in [0.2, 0.25) is 0 Å². The monoisotopic (exact) mass is 791 g/mol. The molecule has 0 saturated carbocycles. The van der Waals surface area contributed by atoms with Crippen molar-refractivity contribution in [1.82, 2.24) is 0 Å². The van der Waals surface area contributed by atoms with Crippen LogP contribution in [-0.2, 0) is 0 Å². The molecule has 0 aromatic carbocycles. The maximum atomic E-state index is 5.70. The highest BCUT2D eigenvalue weighted by Crippen LogP contribution is 2.24. The number of rotatable bonds is 42. The smallest absolute Gasteiger partial charge is 0.00715 e. The van der Waals surface area contributed by atoms with Crippen LogP contribution in [0.25, 0.3) is 0 Å². The largest absolute Gasteiger partial charge is 0.100 e. The quantitative estimate of drug-likeness (QED) is 0.0337. The van der Waals surface area contributed by atoms with Crippen LogP contribution in [0.5, 0.6) is 0 Å². The molecule has 332 valence electrons. The van der Waals surface area contributed by atoms with Gasteiger partial charge in [-0.25, -0.2) is 0 Å². The highest BCUT2D eigenvalue weighted by atomic mass is 32.1. The highest BCUT2D eigenvalue weighted by Gasteiger charge is 2.09. The van der Waals surface area contributed by atoms with E-state index in [-0.39, 0.29) is 0 Å². The van der Waals surface area contributed by atoms with Gasteiger partial charge >= 0.3 is 0 Å². The summed E-state index contributed by atoms with van der Waals surface area (Å²) < 4.78 is 0. The molecule has 0 aromatic rings. The fourth-order valence-electron chi connectivity index (χ4n) is 8.22. The van der Waals surface area contributed by atoms with E-state index in [0.29, 0.717) is 0 Å². The van der Waals surface area contributed by atoms with Crippen LogP contribution >= 0.6 is 12.2 Å².